The van der Waals surface area contributed by atoms with Crippen LogP contribution in [0.5, 0.6) is 11.5 Å². The summed E-state index contributed by atoms with van der Waals surface area (Å²) >= 11 is 0. The third kappa shape index (κ3) is 3.43. The summed E-state index contributed by atoms with van der Waals surface area (Å²) in [5.41, 5.74) is -0.472. The number of fused-ring (bicyclic) bond motifs is 1. The van der Waals surface area contributed by atoms with Gasteiger partial charge in [0.1, 0.15) is 5.56 Å². The lowest BCUT2D eigenvalue weighted by molar-refractivity contribution is -0.385. The zero-order chi connectivity index (χ0) is 22.0. The molecule has 1 aliphatic rings. The number of carbonyl (C=O) groups is 3. The quantitative estimate of drug-likeness (QED) is 0.293. The maximum absolute atomic E-state index is 13.1. The molecule has 0 saturated carbocycles. The molecule has 0 aliphatic carbocycles. The fourth-order valence-corrected chi connectivity index (χ4v) is 3.38. The van der Waals surface area contributed by atoms with Crippen LogP contribution in [-0.4, -0.2) is 48.9 Å². The van der Waals surface area contributed by atoms with E-state index in [-0.39, 0.29) is 17.5 Å². The number of ether oxygens (including phenoxy) is 3. The fraction of sp³-hybridized carbons (Fsp3) is 0.250. The summed E-state index contributed by atoms with van der Waals surface area (Å²) in [5.74, 6) is -1.52. The number of carbonyl (C=O) groups excluding carboxylic acids is 3. The van der Waals surface area contributed by atoms with Gasteiger partial charge in [-0.25, -0.2) is 0 Å². The smallest absolute Gasteiger partial charge is 0.307 e. The second kappa shape index (κ2) is 8.19. The third-order valence-corrected chi connectivity index (χ3v) is 4.81. The molecule has 1 atom stereocenters. The molecule has 10 nitrogen and oxygen atoms in total. The first-order valence-electron chi connectivity index (χ1n) is 8.78. The molecule has 0 fully saturated rings. The van der Waals surface area contributed by atoms with Crippen LogP contribution in [0.25, 0.3) is 0 Å². The van der Waals surface area contributed by atoms with E-state index < -0.39 is 34.4 Å². The van der Waals surface area contributed by atoms with Crippen molar-refractivity contribution in [2.24, 2.45) is 0 Å². The van der Waals surface area contributed by atoms with Crippen LogP contribution in [0.2, 0.25) is 0 Å². The molecule has 156 valence electrons. The van der Waals surface area contributed by atoms with Crippen molar-refractivity contribution in [1.29, 1.82) is 0 Å². The van der Waals surface area contributed by atoms with Crippen LogP contribution >= 0.6 is 0 Å². The number of nitro benzene ring substituents is 1. The molecule has 2 aromatic carbocycles. The zero-order valence-electron chi connectivity index (χ0n) is 16.4. The maximum atomic E-state index is 13.1. The summed E-state index contributed by atoms with van der Waals surface area (Å²) < 4.78 is 15.2. The number of nitrogens with zero attached hydrogens (tertiary/aromatic N) is 2. The van der Waals surface area contributed by atoms with Crippen molar-refractivity contribution in [2.45, 2.75) is 12.5 Å². The van der Waals surface area contributed by atoms with E-state index in [0.717, 1.165) is 11.0 Å². The van der Waals surface area contributed by atoms with E-state index in [4.69, 9.17) is 14.2 Å². The van der Waals surface area contributed by atoms with Crippen LogP contribution < -0.4 is 9.47 Å². The van der Waals surface area contributed by atoms with Gasteiger partial charge in [-0.05, 0) is 23.8 Å². The normalized spacial score (nSPS) is 13.6. The molecule has 1 heterocycles. The van der Waals surface area contributed by atoms with Gasteiger partial charge in [-0.15, -0.1) is 0 Å². The Morgan fingerprint density at radius 1 is 1.07 bits per heavy atom. The number of esters is 1. The van der Waals surface area contributed by atoms with Crippen LogP contribution in [0.4, 0.5) is 5.69 Å². The first-order chi connectivity index (χ1) is 14.3. The minimum absolute atomic E-state index is 0.0930. The average Bonchev–Trinajstić information content (AvgIpc) is 3.01. The van der Waals surface area contributed by atoms with Gasteiger partial charge in [-0.1, -0.05) is 12.1 Å². The molecule has 30 heavy (non-hydrogen) atoms. The highest BCUT2D eigenvalue weighted by Crippen LogP contribution is 2.39. The number of hydrogen-bond acceptors (Lipinski definition) is 8. The van der Waals surface area contributed by atoms with Crippen molar-refractivity contribution in [3.63, 3.8) is 0 Å². The predicted molar refractivity (Wildman–Crippen MR) is 103 cm³/mol. The van der Waals surface area contributed by atoms with E-state index in [9.17, 15) is 24.5 Å². The van der Waals surface area contributed by atoms with Crippen LogP contribution in [-0.2, 0) is 9.53 Å². The first-order valence-corrected chi connectivity index (χ1v) is 8.78. The lowest BCUT2D eigenvalue weighted by Crippen LogP contribution is -2.35. The van der Waals surface area contributed by atoms with Gasteiger partial charge in [0.25, 0.3) is 17.5 Å². The Bertz CT molecular complexity index is 1050. The molecule has 2 amide bonds. The van der Waals surface area contributed by atoms with Gasteiger partial charge >= 0.3 is 5.97 Å². The average molecular weight is 414 g/mol. The number of hydrogen-bond donors (Lipinski definition) is 0. The zero-order valence-corrected chi connectivity index (χ0v) is 16.4. The lowest BCUT2D eigenvalue weighted by atomic mass is 10.0. The predicted octanol–water partition coefficient (Wildman–Crippen LogP) is 2.51. The van der Waals surface area contributed by atoms with E-state index >= 15 is 0 Å². The molecular formula is C20H18N2O8. The molecule has 0 aromatic heterocycles. The SMILES string of the molecule is COC(=O)CC(c1ccc(OC)c(OC)c1)N1C(=O)c2cccc([N+](=O)[O-])c2C1=O. The topological polar surface area (TPSA) is 125 Å². The van der Waals surface area contributed by atoms with Gasteiger partial charge in [0, 0.05) is 6.07 Å². The minimum Gasteiger partial charge on any atom is -0.493 e. The molecule has 2 aromatic rings. The molecule has 0 saturated heterocycles. The van der Waals surface area contributed by atoms with Gasteiger partial charge < -0.3 is 14.2 Å². The second-order valence-electron chi connectivity index (χ2n) is 6.35. The Morgan fingerprint density at radius 2 is 1.77 bits per heavy atom. The number of rotatable bonds is 7. The fourth-order valence-electron chi connectivity index (χ4n) is 3.38. The molecule has 1 unspecified atom stereocenters. The number of imide groups is 1. The van der Waals surface area contributed by atoms with E-state index in [1.165, 1.54) is 39.5 Å². The Kier molecular flexibility index (Phi) is 5.67. The molecule has 0 bridgehead atoms. The van der Waals surface area contributed by atoms with Gasteiger partial charge in [-0.2, -0.15) is 0 Å². The highest BCUT2D eigenvalue weighted by atomic mass is 16.6. The van der Waals surface area contributed by atoms with Crippen molar-refractivity contribution in [2.75, 3.05) is 21.3 Å². The van der Waals surface area contributed by atoms with E-state index in [1.54, 1.807) is 12.1 Å². The monoisotopic (exact) mass is 414 g/mol. The van der Waals surface area contributed by atoms with Crippen molar-refractivity contribution >= 4 is 23.5 Å². The molecule has 10 heteroatoms. The minimum atomic E-state index is -1.07. The Labute approximate surface area is 171 Å². The van der Waals surface area contributed by atoms with Crippen molar-refractivity contribution in [3.8, 4) is 11.5 Å². The molecular weight excluding hydrogens is 396 g/mol. The van der Waals surface area contributed by atoms with Crippen LogP contribution in [0.15, 0.2) is 36.4 Å². The van der Waals surface area contributed by atoms with Crippen LogP contribution in [0.1, 0.15) is 38.7 Å². The number of nitro groups is 1. The van der Waals surface area contributed by atoms with Gasteiger partial charge in [0.05, 0.1) is 44.3 Å². The summed E-state index contributed by atoms with van der Waals surface area (Å²) in [6.07, 6.45) is -0.342. The van der Waals surface area contributed by atoms with Gasteiger partial charge in [0.2, 0.25) is 0 Å². The molecule has 1 aliphatic heterocycles. The Hall–Kier alpha value is -3.95. The van der Waals surface area contributed by atoms with Crippen molar-refractivity contribution in [3.05, 3.63) is 63.2 Å². The van der Waals surface area contributed by atoms with E-state index in [1.807, 2.05) is 0 Å². The summed E-state index contributed by atoms with van der Waals surface area (Å²) in [7, 11) is 4.05. The Morgan fingerprint density at radius 3 is 2.37 bits per heavy atom. The molecule has 0 N–H and O–H groups in total. The molecule has 0 radical (unpaired) electrons. The largest absolute Gasteiger partial charge is 0.493 e. The Balaban J connectivity index is 2.13. The summed E-state index contributed by atoms with van der Waals surface area (Å²) in [5, 5.41) is 11.4. The number of methoxy groups -OCH3 is 3. The number of amides is 2. The van der Waals surface area contributed by atoms with Crippen molar-refractivity contribution in [1.82, 2.24) is 4.90 Å². The second-order valence-corrected chi connectivity index (χ2v) is 6.35. The van der Waals surface area contributed by atoms with Crippen LogP contribution in [0.3, 0.4) is 0 Å². The summed E-state index contributed by atoms with van der Waals surface area (Å²) in [4.78, 5) is 49.6. The maximum Gasteiger partial charge on any atom is 0.307 e. The molecule has 3 rings (SSSR count). The highest BCUT2D eigenvalue weighted by molar-refractivity contribution is 6.23. The van der Waals surface area contributed by atoms with Gasteiger partial charge in [0.15, 0.2) is 11.5 Å². The van der Waals surface area contributed by atoms with E-state index in [0.29, 0.717) is 17.1 Å². The van der Waals surface area contributed by atoms with E-state index in [2.05, 4.69) is 0 Å². The summed E-state index contributed by atoms with van der Waals surface area (Å²) in [6, 6.07) is 7.43. The number of benzene rings is 2. The molecule has 0 spiro atoms. The first kappa shape index (κ1) is 20.8. The third-order valence-electron chi connectivity index (χ3n) is 4.81. The summed E-state index contributed by atoms with van der Waals surface area (Å²) in [6.45, 7) is 0. The van der Waals surface area contributed by atoms with Gasteiger partial charge in [-0.3, -0.25) is 29.4 Å². The standard InChI is InChI=1S/C20H18N2O8/c1-28-15-8-7-11(9-16(15)29-2)14(10-17(23)30-3)21-19(24)12-5-4-6-13(22(26)27)18(12)20(21)25/h4-9,14H,10H2,1-3H3. The lowest BCUT2D eigenvalue weighted by Gasteiger charge is -2.26. The van der Waals surface area contributed by atoms with Crippen molar-refractivity contribution < 1.29 is 33.5 Å². The van der Waals surface area contributed by atoms with Crippen LogP contribution in [0, 0.1) is 10.1 Å². The highest BCUT2D eigenvalue weighted by Gasteiger charge is 2.45.